The molecule has 0 rings (SSSR count). The predicted molar refractivity (Wildman–Crippen MR) is 40.1 cm³/mol. The molecule has 0 aliphatic heterocycles. The zero-order valence-corrected chi connectivity index (χ0v) is 7.00. The topological polar surface area (TPSA) is 57.6 Å². The Labute approximate surface area is 65.8 Å². The van der Waals surface area contributed by atoms with Gasteiger partial charge in [-0.3, -0.25) is 4.79 Å². The van der Waals surface area contributed by atoms with E-state index in [2.05, 4.69) is 0 Å². The van der Waals surface area contributed by atoms with Crippen LogP contribution in [0.5, 0.6) is 0 Å². The van der Waals surface area contributed by atoms with Gasteiger partial charge in [-0.05, 0) is 5.92 Å². The minimum absolute atomic E-state index is 0.295. The molecule has 0 aromatic heterocycles. The van der Waals surface area contributed by atoms with Gasteiger partial charge in [0.05, 0.1) is 0 Å². The van der Waals surface area contributed by atoms with Gasteiger partial charge >= 0.3 is 11.9 Å². The lowest BCUT2D eigenvalue weighted by Gasteiger charge is -2.16. The molecule has 4 nitrogen and oxygen atoms in total. The van der Waals surface area contributed by atoms with Gasteiger partial charge in [0.2, 0.25) is 0 Å². The summed E-state index contributed by atoms with van der Waals surface area (Å²) < 4.78 is 0. The van der Waals surface area contributed by atoms with Crippen LogP contribution in [0.25, 0.3) is 0 Å². The Morgan fingerprint density at radius 3 is 2.18 bits per heavy atom. The first-order valence-corrected chi connectivity index (χ1v) is 3.43. The summed E-state index contributed by atoms with van der Waals surface area (Å²) in [5.74, 6) is -1.95. The van der Waals surface area contributed by atoms with Crippen LogP contribution in [0.15, 0.2) is 0 Å². The van der Waals surface area contributed by atoms with E-state index in [-0.39, 0.29) is 0 Å². The minimum Gasteiger partial charge on any atom is -0.474 e. The Balaban J connectivity index is 3.93. The number of carbonyl (C=O) groups excluding carboxylic acids is 1. The summed E-state index contributed by atoms with van der Waals surface area (Å²) in [4.78, 5) is 22.0. The highest BCUT2D eigenvalue weighted by Gasteiger charge is 2.16. The Morgan fingerprint density at radius 1 is 1.45 bits per heavy atom. The highest BCUT2D eigenvalue weighted by atomic mass is 16.4. The smallest absolute Gasteiger partial charge is 0.394 e. The van der Waals surface area contributed by atoms with Crippen molar-refractivity contribution in [2.45, 2.75) is 13.8 Å². The molecule has 0 aromatic carbocycles. The first-order chi connectivity index (χ1) is 4.95. The summed E-state index contributed by atoms with van der Waals surface area (Å²) in [7, 11) is 1.48. The molecule has 4 heteroatoms. The lowest BCUT2D eigenvalue weighted by Crippen LogP contribution is -2.35. The summed E-state index contributed by atoms with van der Waals surface area (Å²) >= 11 is 0. The molecular formula is C7H13NO3. The second-order valence-electron chi connectivity index (χ2n) is 2.88. The van der Waals surface area contributed by atoms with Gasteiger partial charge in [-0.1, -0.05) is 13.8 Å². The molecule has 0 saturated heterocycles. The molecule has 0 aliphatic rings. The normalized spacial score (nSPS) is 9.82. The number of amides is 1. The fraction of sp³-hybridized carbons (Fsp3) is 0.714. The number of carbonyl (C=O) groups is 2. The molecule has 0 heterocycles. The number of rotatable bonds is 2. The fourth-order valence-electron chi connectivity index (χ4n) is 0.794. The Morgan fingerprint density at radius 2 is 1.91 bits per heavy atom. The van der Waals surface area contributed by atoms with Crippen molar-refractivity contribution < 1.29 is 14.7 Å². The molecule has 64 valence electrons. The van der Waals surface area contributed by atoms with Gasteiger partial charge in [-0.2, -0.15) is 0 Å². The molecule has 1 amide bonds. The van der Waals surface area contributed by atoms with Crippen molar-refractivity contribution in [3.8, 4) is 0 Å². The van der Waals surface area contributed by atoms with Crippen LogP contribution in [-0.2, 0) is 9.59 Å². The molecule has 1 N–H and O–H groups in total. The van der Waals surface area contributed by atoms with Gasteiger partial charge in [-0.15, -0.1) is 0 Å². The molecule has 0 aromatic rings. The summed E-state index contributed by atoms with van der Waals surface area (Å²) in [5, 5.41) is 8.27. The largest absolute Gasteiger partial charge is 0.474 e. The predicted octanol–water partition coefficient (Wildman–Crippen LogP) is 0.185. The van der Waals surface area contributed by atoms with E-state index in [4.69, 9.17) is 5.11 Å². The van der Waals surface area contributed by atoms with Crippen molar-refractivity contribution >= 4 is 11.9 Å². The Hall–Kier alpha value is -1.06. The van der Waals surface area contributed by atoms with Gasteiger partial charge in [-0.25, -0.2) is 4.79 Å². The van der Waals surface area contributed by atoms with E-state index in [1.165, 1.54) is 11.9 Å². The van der Waals surface area contributed by atoms with E-state index in [0.717, 1.165) is 0 Å². The van der Waals surface area contributed by atoms with E-state index >= 15 is 0 Å². The lowest BCUT2D eigenvalue weighted by atomic mass is 10.2. The van der Waals surface area contributed by atoms with Gasteiger partial charge in [0.15, 0.2) is 0 Å². The van der Waals surface area contributed by atoms with Gasteiger partial charge in [0.1, 0.15) is 0 Å². The van der Waals surface area contributed by atoms with Crippen molar-refractivity contribution in [1.29, 1.82) is 0 Å². The highest BCUT2D eigenvalue weighted by molar-refractivity contribution is 6.31. The van der Waals surface area contributed by atoms with Crippen molar-refractivity contribution in [2.24, 2.45) is 5.92 Å². The third kappa shape index (κ3) is 3.60. The third-order valence-corrected chi connectivity index (χ3v) is 1.17. The van der Waals surface area contributed by atoms with Crippen LogP contribution < -0.4 is 0 Å². The molecular weight excluding hydrogens is 146 g/mol. The van der Waals surface area contributed by atoms with E-state index in [9.17, 15) is 9.59 Å². The number of nitrogens with zero attached hydrogens (tertiary/aromatic N) is 1. The van der Waals surface area contributed by atoms with Crippen molar-refractivity contribution in [1.82, 2.24) is 4.90 Å². The Kier molecular flexibility index (Phi) is 3.57. The fourth-order valence-corrected chi connectivity index (χ4v) is 0.794. The molecule has 0 unspecified atom stereocenters. The molecule has 0 fully saturated rings. The number of hydrogen-bond donors (Lipinski definition) is 1. The molecule has 0 aliphatic carbocycles. The van der Waals surface area contributed by atoms with Crippen molar-refractivity contribution in [3.05, 3.63) is 0 Å². The van der Waals surface area contributed by atoms with Crippen LogP contribution in [0.2, 0.25) is 0 Å². The molecule has 11 heavy (non-hydrogen) atoms. The number of aliphatic carboxylic acids is 1. The molecule has 0 atom stereocenters. The van der Waals surface area contributed by atoms with E-state index in [1.54, 1.807) is 0 Å². The lowest BCUT2D eigenvalue weighted by molar-refractivity contribution is -0.155. The molecule has 0 spiro atoms. The van der Waals surface area contributed by atoms with Crippen molar-refractivity contribution in [3.63, 3.8) is 0 Å². The monoisotopic (exact) mass is 159 g/mol. The summed E-state index contributed by atoms with van der Waals surface area (Å²) in [6.07, 6.45) is 0. The second kappa shape index (κ2) is 3.95. The first-order valence-electron chi connectivity index (χ1n) is 3.43. The standard InChI is InChI=1S/C7H13NO3/c1-5(2)4-8(3)6(9)7(10)11/h5H,4H2,1-3H3,(H,10,11). The van der Waals surface area contributed by atoms with Crippen molar-refractivity contribution in [2.75, 3.05) is 13.6 Å². The highest BCUT2D eigenvalue weighted by Crippen LogP contribution is 1.95. The maximum absolute atomic E-state index is 10.7. The number of carboxylic acid groups (broad SMARTS) is 1. The van der Waals surface area contributed by atoms with Gasteiger partial charge in [0.25, 0.3) is 0 Å². The number of likely N-dealkylation sites (N-methyl/N-ethyl adjacent to an activating group) is 1. The molecule has 0 radical (unpaired) electrons. The van der Waals surface area contributed by atoms with Crippen LogP contribution in [0.4, 0.5) is 0 Å². The van der Waals surface area contributed by atoms with Crippen LogP contribution in [0.3, 0.4) is 0 Å². The zero-order chi connectivity index (χ0) is 9.02. The van der Waals surface area contributed by atoms with Gasteiger partial charge < -0.3 is 10.0 Å². The van der Waals surface area contributed by atoms with Crippen LogP contribution in [0.1, 0.15) is 13.8 Å². The maximum Gasteiger partial charge on any atom is 0.394 e. The minimum atomic E-state index is -1.40. The SMILES string of the molecule is CC(C)CN(C)C(=O)C(=O)O. The quantitative estimate of drug-likeness (QED) is 0.585. The Bertz CT molecular complexity index is 165. The van der Waals surface area contributed by atoms with E-state index < -0.39 is 11.9 Å². The maximum atomic E-state index is 10.7. The first kappa shape index (κ1) is 9.94. The summed E-state index contributed by atoms with van der Waals surface area (Å²) in [6, 6.07) is 0. The third-order valence-electron chi connectivity index (χ3n) is 1.17. The van der Waals surface area contributed by atoms with Crippen LogP contribution in [0, 0.1) is 5.92 Å². The number of carboxylic acids is 1. The average molecular weight is 159 g/mol. The second-order valence-corrected chi connectivity index (χ2v) is 2.88. The van der Waals surface area contributed by atoms with E-state index in [1.807, 2.05) is 13.8 Å². The summed E-state index contributed by atoms with van der Waals surface area (Å²) in [6.45, 7) is 4.32. The number of hydrogen-bond acceptors (Lipinski definition) is 2. The molecule has 0 saturated carbocycles. The zero-order valence-electron chi connectivity index (χ0n) is 7.00. The van der Waals surface area contributed by atoms with E-state index in [0.29, 0.717) is 12.5 Å². The van der Waals surface area contributed by atoms with Crippen LogP contribution >= 0.6 is 0 Å². The molecule has 0 bridgehead atoms. The van der Waals surface area contributed by atoms with Crippen LogP contribution in [-0.4, -0.2) is 35.5 Å². The average Bonchev–Trinajstić information content (AvgIpc) is 1.84. The van der Waals surface area contributed by atoms with Gasteiger partial charge in [0, 0.05) is 13.6 Å². The summed E-state index contributed by atoms with van der Waals surface area (Å²) in [5.41, 5.74) is 0.